The molecule has 1 aromatic rings. The van der Waals surface area contributed by atoms with Gasteiger partial charge in [-0.1, -0.05) is 37.3 Å². The molecule has 2 N–H and O–H groups in total. The molecule has 4 nitrogen and oxygen atoms in total. The highest BCUT2D eigenvalue weighted by Crippen LogP contribution is 2.21. The summed E-state index contributed by atoms with van der Waals surface area (Å²) in [5.41, 5.74) is 0.208. The van der Waals surface area contributed by atoms with E-state index in [0.717, 1.165) is 5.56 Å². The first-order valence-electron chi connectivity index (χ1n) is 6.44. The molecule has 0 aliphatic carbocycles. The lowest BCUT2D eigenvalue weighted by Crippen LogP contribution is -2.46. The molecule has 0 spiro atoms. The van der Waals surface area contributed by atoms with E-state index < -0.39 is 11.5 Å². The minimum atomic E-state index is -0.918. The molecule has 0 aliphatic rings. The van der Waals surface area contributed by atoms with Gasteiger partial charge < -0.3 is 10.4 Å². The third-order valence-corrected chi connectivity index (χ3v) is 2.98. The van der Waals surface area contributed by atoms with Crippen molar-refractivity contribution in [3.05, 3.63) is 35.9 Å². The molecule has 1 rings (SSSR count). The Morgan fingerprint density at radius 3 is 2.32 bits per heavy atom. The Balaban J connectivity index is 2.78. The number of amides is 1. The van der Waals surface area contributed by atoms with E-state index in [9.17, 15) is 9.59 Å². The number of carbonyl (C=O) groups excluding carboxylic acids is 1. The summed E-state index contributed by atoms with van der Waals surface area (Å²) in [6.45, 7) is 5.38. The summed E-state index contributed by atoms with van der Waals surface area (Å²) in [7, 11) is 0. The maximum Gasteiger partial charge on any atom is 0.305 e. The van der Waals surface area contributed by atoms with Gasteiger partial charge in [0.25, 0.3) is 0 Å². The zero-order valence-electron chi connectivity index (χ0n) is 11.6. The normalized spacial score (nSPS) is 12.8. The van der Waals surface area contributed by atoms with Crippen LogP contribution in [-0.2, 0) is 9.59 Å². The van der Waals surface area contributed by atoms with Gasteiger partial charge in [0, 0.05) is 5.54 Å². The molecule has 0 aromatic heterocycles. The Bertz CT molecular complexity index is 440. The van der Waals surface area contributed by atoms with Gasteiger partial charge >= 0.3 is 5.97 Å². The van der Waals surface area contributed by atoms with E-state index in [1.807, 2.05) is 37.3 Å². The highest BCUT2D eigenvalue weighted by Gasteiger charge is 2.27. The van der Waals surface area contributed by atoms with Gasteiger partial charge in [-0.3, -0.25) is 9.59 Å². The molecule has 0 saturated heterocycles. The van der Waals surface area contributed by atoms with Crippen LogP contribution in [0.2, 0.25) is 0 Å². The van der Waals surface area contributed by atoms with Crippen LogP contribution in [0, 0.1) is 0 Å². The summed E-state index contributed by atoms with van der Waals surface area (Å²) >= 11 is 0. The second-order valence-corrected chi connectivity index (χ2v) is 5.32. The number of nitrogens with one attached hydrogen (secondary N) is 1. The van der Waals surface area contributed by atoms with Crippen molar-refractivity contribution in [2.24, 2.45) is 0 Å². The van der Waals surface area contributed by atoms with E-state index in [1.165, 1.54) is 0 Å². The first-order valence-corrected chi connectivity index (χ1v) is 6.44. The molecule has 0 heterocycles. The van der Waals surface area contributed by atoms with E-state index in [-0.39, 0.29) is 18.2 Å². The SMILES string of the molecule is CCC(C(=O)NC(C)(C)CC(=O)O)c1ccccc1. The first-order chi connectivity index (χ1) is 8.85. The lowest BCUT2D eigenvalue weighted by Gasteiger charge is -2.27. The first kappa shape index (κ1) is 15.2. The molecule has 0 saturated carbocycles. The highest BCUT2D eigenvalue weighted by molar-refractivity contribution is 5.84. The predicted octanol–water partition coefficient (Wildman–Crippen LogP) is 2.55. The maximum absolute atomic E-state index is 12.3. The number of carboxylic acid groups (broad SMARTS) is 1. The van der Waals surface area contributed by atoms with Crippen molar-refractivity contribution in [3.8, 4) is 0 Å². The van der Waals surface area contributed by atoms with Gasteiger partial charge in [-0.25, -0.2) is 0 Å². The molecular weight excluding hydrogens is 242 g/mol. The highest BCUT2D eigenvalue weighted by atomic mass is 16.4. The number of carbonyl (C=O) groups is 2. The lowest BCUT2D eigenvalue weighted by atomic mass is 9.93. The number of benzene rings is 1. The third-order valence-electron chi connectivity index (χ3n) is 2.98. The largest absolute Gasteiger partial charge is 0.481 e. The zero-order chi connectivity index (χ0) is 14.5. The minimum Gasteiger partial charge on any atom is -0.481 e. The second kappa shape index (κ2) is 6.36. The fraction of sp³-hybridized carbons (Fsp3) is 0.467. The van der Waals surface area contributed by atoms with Crippen molar-refractivity contribution in [3.63, 3.8) is 0 Å². The molecule has 1 atom stereocenters. The summed E-state index contributed by atoms with van der Waals surface area (Å²) in [6.07, 6.45) is 0.586. The Morgan fingerprint density at radius 1 is 1.26 bits per heavy atom. The number of aliphatic carboxylic acids is 1. The second-order valence-electron chi connectivity index (χ2n) is 5.32. The van der Waals surface area contributed by atoms with E-state index in [2.05, 4.69) is 5.32 Å². The molecule has 104 valence electrons. The van der Waals surface area contributed by atoms with E-state index in [4.69, 9.17) is 5.11 Å². The molecule has 4 heteroatoms. The molecule has 0 aliphatic heterocycles. The molecule has 0 radical (unpaired) electrons. The van der Waals surface area contributed by atoms with Crippen LogP contribution in [0.3, 0.4) is 0 Å². The molecule has 0 fully saturated rings. The van der Waals surface area contributed by atoms with Gasteiger partial charge in [0.2, 0.25) is 5.91 Å². The quantitative estimate of drug-likeness (QED) is 0.829. The fourth-order valence-electron chi connectivity index (χ4n) is 2.10. The number of hydrogen-bond donors (Lipinski definition) is 2. The molecule has 0 bridgehead atoms. The molecule has 19 heavy (non-hydrogen) atoms. The topological polar surface area (TPSA) is 66.4 Å². The van der Waals surface area contributed by atoms with Crippen LogP contribution in [0.5, 0.6) is 0 Å². The van der Waals surface area contributed by atoms with E-state index >= 15 is 0 Å². The Labute approximate surface area is 113 Å². The summed E-state index contributed by atoms with van der Waals surface area (Å²) in [4.78, 5) is 23.0. The van der Waals surface area contributed by atoms with Gasteiger partial charge in [0.1, 0.15) is 0 Å². The van der Waals surface area contributed by atoms with Gasteiger partial charge in [0.05, 0.1) is 12.3 Å². The molecular formula is C15H21NO3. The van der Waals surface area contributed by atoms with Crippen LogP contribution in [0.25, 0.3) is 0 Å². The zero-order valence-corrected chi connectivity index (χ0v) is 11.6. The molecule has 1 aromatic carbocycles. The van der Waals surface area contributed by atoms with Gasteiger partial charge in [-0.15, -0.1) is 0 Å². The van der Waals surface area contributed by atoms with Crippen LogP contribution < -0.4 is 5.32 Å². The number of hydrogen-bond acceptors (Lipinski definition) is 2. The third kappa shape index (κ3) is 4.73. The van der Waals surface area contributed by atoms with Crippen molar-refractivity contribution in [1.29, 1.82) is 0 Å². The van der Waals surface area contributed by atoms with Crippen molar-refractivity contribution in [2.75, 3.05) is 0 Å². The van der Waals surface area contributed by atoms with Gasteiger partial charge in [0.15, 0.2) is 0 Å². The minimum absolute atomic E-state index is 0.0933. The molecule has 1 unspecified atom stereocenters. The van der Waals surface area contributed by atoms with Gasteiger partial charge in [-0.2, -0.15) is 0 Å². The monoisotopic (exact) mass is 263 g/mol. The standard InChI is InChI=1S/C15H21NO3/c1-4-12(11-8-6-5-7-9-11)14(19)16-15(2,3)10-13(17)18/h5-9,12H,4,10H2,1-3H3,(H,16,19)(H,17,18). The summed E-state index contributed by atoms with van der Waals surface area (Å²) < 4.78 is 0. The van der Waals surface area contributed by atoms with Gasteiger partial charge in [-0.05, 0) is 25.8 Å². The summed E-state index contributed by atoms with van der Waals surface area (Å²) in [5, 5.41) is 11.6. The average Bonchev–Trinajstić information content (AvgIpc) is 2.28. The van der Waals surface area contributed by atoms with Crippen molar-refractivity contribution in [2.45, 2.75) is 45.1 Å². The van der Waals surface area contributed by atoms with Crippen LogP contribution in [-0.4, -0.2) is 22.5 Å². The Hall–Kier alpha value is -1.84. The lowest BCUT2D eigenvalue weighted by molar-refractivity contribution is -0.138. The fourth-order valence-corrected chi connectivity index (χ4v) is 2.10. The van der Waals surface area contributed by atoms with Crippen molar-refractivity contribution in [1.82, 2.24) is 5.32 Å². The Kier molecular flexibility index (Phi) is 5.10. The van der Waals surface area contributed by atoms with Crippen molar-refractivity contribution < 1.29 is 14.7 Å². The van der Waals surface area contributed by atoms with Crippen LogP contribution in [0.1, 0.15) is 45.1 Å². The maximum atomic E-state index is 12.3. The van der Waals surface area contributed by atoms with Crippen LogP contribution in [0.4, 0.5) is 0 Å². The van der Waals surface area contributed by atoms with Crippen LogP contribution in [0.15, 0.2) is 30.3 Å². The Morgan fingerprint density at radius 2 is 1.84 bits per heavy atom. The van der Waals surface area contributed by atoms with Crippen molar-refractivity contribution >= 4 is 11.9 Å². The summed E-state index contributed by atoms with van der Waals surface area (Å²) in [6, 6.07) is 9.53. The van der Waals surface area contributed by atoms with E-state index in [0.29, 0.717) is 6.42 Å². The number of carboxylic acids is 1. The molecule has 1 amide bonds. The summed E-state index contributed by atoms with van der Waals surface area (Å²) in [5.74, 6) is -1.28. The predicted molar refractivity (Wildman–Crippen MR) is 73.9 cm³/mol. The smallest absolute Gasteiger partial charge is 0.305 e. The number of rotatable bonds is 6. The van der Waals surface area contributed by atoms with Crippen LogP contribution >= 0.6 is 0 Å². The van der Waals surface area contributed by atoms with E-state index in [1.54, 1.807) is 13.8 Å². The average molecular weight is 263 g/mol.